The molecule has 0 fully saturated rings. The average molecular weight is 301 g/mol. The van der Waals surface area contributed by atoms with Gasteiger partial charge in [-0.3, -0.25) is 9.97 Å². The van der Waals surface area contributed by atoms with E-state index in [-0.39, 0.29) is 5.71 Å². The highest BCUT2D eigenvalue weighted by Crippen LogP contribution is 2.16. The Kier molecular flexibility index (Phi) is 3.22. The second kappa shape index (κ2) is 5.06. The van der Waals surface area contributed by atoms with Crippen LogP contribution in [0.2, 0.25) is 0 Å². The molecule has 3 rings (SSSR count). The van der Waals surface area contributed by atoms with Crippen LogP contribution in [0.5, 0.6) is 0 Å². The van der Waals surface area contributed by atoms with Crippen LogP contribution in [0.25, 0.3) is 0 Å². The van der Waals surface area contributed by atoms with E-state index in [0.29, 0.717) is 17.1 Å². The number of hydrazone groups is 1. The maximum absolute atomic E-state index is 11.9. The molecule has 106 valence electrons. The lowest BCUT2D eigenvalue weighted by Crippen LogP contribution is -2.33. The highest BCUT2D eigenvalue weighted by molar-refractivity contribution is 7.88. The first-order valence-electron chi connectivity index (χ1n) is 6.08. The van der Waals surface area contributed by atoms with Crippen LogP contribution < -0.4 is 0 Å². The highest BCUT2D eigenvalue weighted by Gasteiger charge is 2.28. The molecule has 0 N–H and O–H groups in total. The van der Waals surface area contributed by atoms with Crippen molar-refractivity contribution in [1.82, 2.24) is 14.4 Å². The molecule has 0 aliphatic carbocycles. The Hall–Kier alpha value is -2.61. The Morgan fingerprint density at radius 2 is 1.48 bits per heavy atom. The third-order valence-corrected chi connectivity index (χ3v) is 3.98. The Bertz CT molecular complexity index is 816. The first kappa shape index (κ1) is 13.4. The summed E-state index contributed by atoms with van der Waals surface area (Å²) in [5.74, 6) is 0. The van der Waals surface area contributed by atoms with Crippen molar-refractivity contribution in [2.24, 2.45) is 9.50 Å². The van der Waals surface area contributed by atoms with Gasteiger partial charge in [-0.15, -0.1) is 4.40 Å². The number of rotatable bonds is 2. The molecular formula is C13H11N5O2S. The van der Waals surface area contributed by atoms with Gasteiger partial charge in [-0.2, -0.15) is 17.9 Å². The van der Waals surface area contributed by atoms with Gasteiger partial charge >= 0.3 is 10.2 Å². The molecule has 7 nitrogen and oxygen atoms in total. The minimum absolute atomic E-state index is 0.187. The molecule has 0 atom stereocenters. The van der Waals surface area contributed by atoms with E-state index in [1.54, 1.807) is 48.8 Å². The van der Waals surface area contributed by atoms with Gasteiger partial charge < -0.3 is 0 Å². The Morgan fingerprint density at radius 1 is 0.905 bits per heavy atom. The molecule has 2 aromatic heterocycles. The summed E-state index contributed by atoms with van der Waals surface area (Å²) >= 11 is 0. The van der Waals surface area contributed by atoms with Crippen LogP contribution in [0.1, 0.15) is 11.4 Å². The van der Waals surface area contributed by atoms with E-state index in [2.05, 4.69) is 19.5 Å². The molecule has 1 aliphatic rings. The van der Waals surface area contributed by atoms with Crippen LogP contribution in [0.3, 0.4) is 0 Å². The maximum atomic E-state index is 11.9. The van der Waals surface area contributed by atoms with E-state index < -0.39 is 10.2 Å². The molecular weight excluding hydrogens is 290 g/mol. The Labute approximate surface area is 121 Å². The summed E-state index contributed by atoms with van der Waals surface area (Å²) in [5.41, 5.74) is 1.52. The van der Waals surface area contributed by atoms with Crippen LogP contribution in [0, 0.1) is 0 Å². The van der Waals surface area contributed by atoms with E-state index in [1.165, 1.54) is 7.05 Å². The van der Waals surface area contributed by atoms with E-state index >= 15 is 0 Å². The smallest absolute Gasteiger partial charge is 0.255 e. The number of nitrogens with zero attached hydrogens (tertiary/aromatic N) is 5. The Morgan fingerprint density at radius 3 is 2.00 bits per heavy atom. The zero-order chi connectivity index (χ0) is 14.9. The van der Waals surface area contributed by atoms with Gasteiger partial charge in [0, 0.05) is 19.4 Å². The van der Waals surface area contributed by atoms with Crippen molar-refractivity contribution in [3.05, 3.63) is 60.2 Å². The van der Waals surface area contributed by atoms with Crippen LogP contribution in [0.15, 0.2) is 58.3 Å². The molecule has 0 saturated carbocycles. The summed E-state index contributed by atoms with van der Waals surface area (Å²) in [5, 5.41) is 4.09. The third kappa shape index (κ3) is 2.52. The van der Waals surface area contributed by atoms with Crippen molar-refractivity contribution in [3.63, 3.8) is 0 Å². The van der Waals surface area contributed by atoms with Crippen LogP contribution in [0.4, 0.5) is 0 Å². The molecule has 0 radical (unpaired) electrons. The summed E-state index contributed by atoms with van der Waals surface area (Å²) in [6.07, 6.45) is 3.18. The number of pyridine rings is 2. The minimum atomic E-state index is -3.83. The summed E-state index contributed by atoms with van der Waals surface area (Å²) in [4.78, 5) is 8.35. The standard InChI is InChI=1S/C13H11N5O2S/c1-18-16-12(10-6-2-4-8-14-10)13(17-21(18,19)20)11-7-3-5-9-15-11/h2-9H,1H3. The fraction of sp³-hybridized carbons (Fsp3) is 0.0769. The van der Waals surface area contributed by atoms with Crippen molar-refractivity contribution < 1.29 is 8.42 Å². The van der Waals surface area contributed by atoms with E-state index in [9.17, 15) is 8.42 Å². The molecule has 0 aromatic carbocycles. The zero-order valence-electron chi connectivity index (χ0n) is 11.1. The quantitative estimate of drug-likeness (QED) is 0.823. The lowest BCUT2D eigenvalue weighted by Gasteiger charge is -2.19. The molecule has 21 heavy (non-hydrogen) atoms. The second-order valence-corrected chi connectivity index (χ2v) is 5.84. The third-order valence-electron chi connectivity index (χ3n) is 2.82. The average Bonchev–Trinajstić information content (AvgIpc) is 2.51. The predicted octanol–water partition coefficient (Wildman–Crippen LogP) is 0.860. The number of hydrogen-bond donors (Lipinski definition) is 0. The van der Waals surface area contributed by atoms with Crippen molar-refractivity contribution in [2.75, 3.05) is 7.05 Å². The van der Waals surface area contributed by atoms with Gasteiger partial charge in [-0.25, -0.2) is 0 Å². The monoisotopic (exact) mass is 301 g/mol. The van der Waals surface area contributed by atoms with Gasteiger partial charge in [0.05, 0.1) is 11.4 Å². The van der Waals surface area contributed by atoms with E-state index in [4.69, 9.17) is 0 Å². The van der Waals surface area contributed by atoms with Gasteiger partial charge in [-0.1, -0.05) is 12.1 Å². The number of hydrogen-bond acceptors (Lipinski definition) is 5. The highest BCUT2D eigenvalue weighted by atomic mass is 32.2. The summed E-state index contributed by atoms with van der Waals surface area (Å²) in [7, 11) is -2.50. The lowest BCUT2D eigenvalue weighted by atomic mass is 10.1. The van der Waals surface area contributed by atoms with Crippen LogP contribution in [-0.4, -0.2) is 41.3 Å². The molecule has 3 heterocycles. The van der Waals surface area contributed by atoms with E-state index in [1.807, 2.05) is 0 Å². The van der Waals surface area contributed by atoms with Gasteiger partial charge in [0.15, 0.2) is 0 Å². The Balaban J connectivity index is 2.19. The summed E-state index contributed by atoms with van der Waals surface area (Å²) in [6, 6.07) is 10.5. The topological polar surface area (TPSA) is 87.9 Å². The SMILES string of the molecule is CN1N=C(c2ccccn2)C(c2ccccn2)=NS1(=O)=O. The van der Waals surface area contributed by atoms with Crippen molar-refractivity contribution in [1.29, 1.82) is 0 Å². The molecule has 0 amide bonds. The van der Waals surface area contributed by atoms with Gasteiger partial charge in [-0.05, 0) is 24.3 Å². The van der Waals surface area contributed by atoms with Gasteiger partial charge in [0.1, 0.15) is 11.4 Å². The molecule has 0 saturated heterocycles. The fourth-order valence-electron chi connectivity index (χ4n) is 1.80. The van der Waals surface area contributed by atoms with Crippen LogP contribution >= 0.6 is 0 Å². The molecule has 0 spiro atoms. The fourth-order valence-corrected chi connectivity index (χ4v) is 2.52. The largest absolute Gasteiger partial charge is 0.360 e. The normalized spacial score (nSPS) is 17.1. The first-order valence-corrected chi connectivity index (χ1v) is 7.48. The maximum Gasteiger partial charge on any atom is 0.360 e. The molecule has 0 unspecified atom stereocenters. The summed E-state index contributed by atoms with van der Waals surface area (Å²) in [6.45, 7) is 0. The first-order chi connectivity index (χ1) is 10.1. The molecule has 0 bridgehead atoms. The zero-order valence-corrected chi connectivity index (χ0v) is 11.9. The van der Waals surface area contributed by atoms with Crippen molar-refractivity contribution in [2.45, 2.75) is 0 Å². The summed E-state index contributed by atoms with van der Waals surface area (Å²) < 4.78 is 28.5. The molecule has 1 aliphatic heterocycles. The van der Waals surface area contributed by atoms with Crippen molar-refractivity contribution >= 4 is 21.6 Å². The van der Waals surface area contributed by atoms with Gasteiger partial charge in [0.25, 0.3) is 0 Å². The van der Waals surface area contributed by atoms with E-state index in [0.717, 1.165) is 4.41 Å². The van der Waals surface area contributed by atoms with Gasteiger partial charge in [0.2, 0.25) is 0 Å². The van der Waals surface area contributed by atoms with Crippen molar-refractivity contribution in [3.8, 4) is 0 Å². The molecule has 8 heteroatoms. The number of aromatic nitrogens is 2. The van der Waals surface area contributed by atoms with Crippen LogP contribution in [-0.2, 0) is 10.2 Å². The lowest BCUT2D eigenvalue weighted by molar-refractivity contribution is 0.490. The second-order valence-electron chi connectivity index (χ2n) is 4.23. The molecule has 2 aromatic rings. The predicted molar refractivity (Wildman–Crippen MR) is 78.2 cm³/mol. The minimum Gasteiger partial charge on any atom is -0.255 e.